The minimum Gasteiger partial charge on any atom is -0.394 e. The Hall–Kier alpha value is -7.70. The summed E-state index contributed by atoms with van der Waals surface area (Å²) in [5.41, 5.74) is 5.40. The molecule has 5 N–H and O–H groups in total. The first-order valence-corrected chi connectivity index (χ1v) is 45.8. The van der Waals surface area contributed by atoms with Gasteiger partial charge in [0, 0.05) is 0 Å². The average molecular weight is 1670 g/mol. The van der Waals surface area contributed by atoms with Crippen molar-refractivity contribution in [3.8, 4) is 0 Å². The quantitative estimate of drug-likeness (QED) is 0.0225. The van der Waals surface area contributed by atoms with E-state index in [9.17, 15) is 15.3 Å². The topological polar surface area (TPSA) is 291 Å². The van der Waals surface area contributed by atoms with E-state index in [-0.39, 0.29) is 62.6 Å². The number of ether oxygens (including phenoxy) is 14. The van der Waals surface area contributed by atoms with Gasteiger partial charge in [0.2, 0.25) is 20.0 Å². The van der Waals surface area contributed by atoms with Gasteiger partial charge in [0.15, 0.2) is 33.5 Å². The van der Waals surface area contributed by atoms with Crippen molar-refractivity contribution in [2.75, 3.05) is 19.8 Å². The summed E-state index contributed by atoms with van der Waals surface area (Å²) in [7, 11) is -12.4. The molecule has 4 aliphatic heterocycles. The van der Waals surface area contributed by atoms with Crippen molar-refractivity contribution in [2.24, 2.45) is 0 Å². The highest BCUT2D eigenvalue weighted by Crippen LogP contribution is 2.43. The maximum atomic E-state index is 15.8. The molecule has 27 heteroatoms. The van der Waals surface area contributed by atoms with Crippen LogP contribution in [0.3, 0.4) is 0 Å². The molecule has 630 valence electrons. The first kappa shape index (κ1) is 88.1. The van der Waals surface area contributed by atoms with Crippen LogP contribution in [0.4, 0.5) is 0 Å². The van der Waals surface area contributed by atoms with Crippen molar-refractivity contribution in [3.63, 3.8) is 0 Å². The second kappa shape index (κ2) is 41.7. The van der Waals surface area contributed by atoms with E-state index in [2.05, 4.69) is 9.44 Å². The lowest BCUT2D eigenvalue weighted by Gasteiger charge is -2.52. The van der Waals surface area contributed by atoms with E-state index in [0.717, 1.165) is 22.3 Å². The molecule has 0 amide bonds. The first-order valence-electron chi connectivity index (χ1n) is 40.0. The Morgan fingerprint density at radius 3 is 1.07 bits per heavy atom. The van der Waals surface area contributed by atoms with Crippen LogP contribution in [-0.4, -0.2) is 183 Å². The molecule has 0 bridgehead atoms. The minimum absolute atomic E-state index is 0.0128. The normalized spacial score (nSPS) is 27.8. The molecule has 24 nitrogen and oxygen atoms in total. The van der Waals surface area contributed by atoms with Crippen molar-refractivity contribution in [1.82, 2.24) is 9.44 Å². The molecule has 13 rings (SSSR count). The fraction of sp³-hybridized carbons (Fsp3) is 0.407. The second-order valence-corrected chi connectivity index (χ2v) is 39.6. The average Bonchev–Trinajstić information content (AvgIpc) is 0.749. The van der Waals surface area contributed by atoms with Crippen molar-refractivity contribution < 1.29 is 103 Å². The molecule has 20 atom stereocenters. The Bertz CT molecular complexity index is 4690. The standard InChI is InChI=1S/C91H108N2O22S2Si/c1-62-79(102-54-64-36-18-8-19-37-64)85(106-58-68-44-26-12-27-45-68)86(107-59-69-46-28-13-29-47-69)89(109-62)108-61-74-81(83(104-56-66-40-22-10-23-41-66)76(88(112-74)115-118(5,6)91(2,3)4)93-117(99,100)71-50-32-15-33-51-71)113-87-75(92-116(97,98)70-48-30-14-31-49-70)82(103-55-65-38-20-9-21-39-65)80(73(111-87)60-101-53-63-34-16-7-17-35-63)114-90-84(78(96)77(95)72(52-94)110-90)105-57-67-42-24-11-25-43-67/h7-51,62,72-90,92-96H,52-61H2,1-6H3/t62-,72?,73?,74?,75?,76?,77+,78-,79+,80+,81+,82-,83-,84?,85?,86?,87-,88+,89+,90-/m0/s1. The summed E-state index contributed by atoms with van der Waals surface area (Å²) in [5.74, 6) is 0. The number of sulfonamides is 2. The van der Waals surface area contributed by atoms with Gasteiger partial charge in [-0.15, -0.1) is 0 Å². The fourth-order valence-electron chi connectivity index (χ4n) is 14.4. The molecule has 0 radical (unpaired) electrons. The highest BCUT2D eigenvalue weighted by molar-refractivity contribution is 7.89. The molecule has 4 fully saturated rings. The van der Waals surface area contributed by atoms with Crippen LogP contribution in [-0.2, 0) is 137 Å². The minimum atomic E-state index is -4.74. The van der Waals surface area contributed by atoms with Gasteiger partial charge < -0.3 is 86.1 Å². The van der Waals surface area contributed by atoms with Gasteiger partial charge in [0.05, 0.1) is 82.0 Å². The van der Waals surface area contributed by atoms with E-state index in [1.165, 1.54) is 24.3 Å². The highest BCUT2D eigenvalue weighted by Gasteiger charge is 2.59. The zero-order chi connectivity index (χ0) is 82.7. The number of aliphatic hydroxyl groups excluding tert-OH is 3. The smallest absolute Gasteiger partial charge is 0.241 e. The Morgan fingerprint density at radius 1 is 0.347 bits per heavy atom. The van der Waals surface area contributed by atoms with Gasteiger partial charge in [-0.3, -0.25) is 0 Å². The zero-order valence-corrected chi connectivity index (χ0v) is 69.6. The largest absolute Gasteiger partial charge is 0.394 e. The molecule has 118 heavy (non-hydrogen) atoms. The van der Waals surface area contributed by atoms with Crippen LogP contribution in [0, 0.1) is 0 Å². The summed E-state index contributed by atoms with van der Waals surface area (Å²) in [6.07, 6.45) is -25.3. The highest BCUT2D eigenvalue weighted by atomic mass is 32.2. The van der Waals surface area contributed by atoms with Crippen molar-refractivity contribution >= 4 is 28.4 Å². The van der Waals surface area contributed by atoms with Crippen molar-refractivity contribution in [3.05, 3.63) is 312 Å². The summed E-state index contributed by atoms with van der Waals surface area (Å²) in [5, 5.41) is 34.2. The monoisotopic (exact) mass is 1670 g/mol. The van der Waals surface area contributed by atoms with Gasteiger partial charge in [-0.2, -0.15) is 0 Å². The third-order valence-corrected chi connectivity index (χ3v) is 29.2. The van der Waals surface area contributed by atoms with Gasteiger partial charge >= 0.3 is 0 Å². The van der Waals surface area contributed by atoms with E-state index in [1.54, 1.807) is 36.4 Å². The summed E-state index contributed by atoms with van der Waals surface area (Å²) in [4.78, 5) is -0.266. The predicted octanol–water partition coefficient (Wildman–Crippen LogP) is 11.9. The van der Waals surface area contributed by atoms with Crippen LogP contribution in [0.2, 0.25) is 18.1 Å². The van der Waals surface area contributed by atoms with Gasteiger partial charge in [-0.05, 0) is 88.3 Å². The van der Waals surface area contributed by atoms with Crippen LogP contribution in [0.5, 0.6) is 0 Å². The molecule has 0 saturated carbocycles. The SMILES string of the molecule is C[C@@H]1O[C@@H](OCC2O[C@H](O[Si](C)(C)C(C)(C)C)C(NS(=O)(=O)c3ccccc3)[C@H](OCc3ccccc3)[C@@H]2O[C@@H]2OC(COCc3ccccc3)[C@@H](O[C@@H]3OC(CO)[C@@H](O)[C@H](O)C3OCc3ccccc3)[C@@H](OCc3ccccc3)C2NS(=O)(=O)c2ccccc2)C(OCc2ccccc2)C(OCc2ccccc2)[C@@H]1OCc1ccccc1. The molecule has 4 aliphatic rings. The number of hydrogen-bond donors (Lipinski definition) is 5. The molecule has 9 aromatic carbocycles. The van der Waals surface area contributed by atoms with E-state index in [4.69, 9.17) is 70.7 Å². The van der Waals surface area contributed by atoms with E-state index in [0.29, 0.717) is 16.7 Å². The van der Waals surface area contributed by atoms with Gasteiger partial charge in [0.25, 0.3) is 0 Å². The summed E-state index contributed by atoms with van der Waals surface area (Å²) < 4.78 is 176. The lowest BCUT2D eigenvalue weighted by molar-refractivity contribution is -0.371. The van der Waals surface area contributed by atoms with E-state index >= 15 is 16.8 Å². The Kier molecular flexibility index (Phi) is 31.1. The predicted molar refractivity (Wildman–Crippen MR) is 441 cm³/mol. The van der Waals surface area contributed by atoms with Gasteiger partial charge in [-0.25, -0.2) is 26.3 Å². The maximum Gasteiger partial charge on any atom is 0.241 e. The fourth-order valence-corrected chi connectivity index (χ4v) is 18.1. The third kappa shape index (κ3) is 23.3. The maximum absolute atomic E-state index is 15.8. The Balaban J connectivity index is 0.980. The lowest BCUT2D eigenvalue weighted by Crippen LogP contribution is -2.71. The van der Waals surface area contributed by atoms with Crippen LogP contribution in [0.1, 0.15) is 66.6 Å². The Morgan fingerprint density at radius 2 is 0.669 bits per heavy atom. The van der Waals surface area contributed by atoms with Gasteiger partial charge in [-0.1, -0.05) is 269 Å². The van der Waals surface area contributed by atoms with Crippen LogP contribution < -0.4 is 9.44 Å². The van der Waals surface area contributed by atoms with E-state index < -0.39 is 169 Å². The summed E-state index contributed by atoms with van der Waals surface area (Å²) in [6.45, 7) is 10.4. The summed E-state index contributed by atoms with van der Waals surface area (Å²) >= 11 is 0. The number of rotatable bonds is 38. The first-order chi connectivity index (χ1) is 57.1. The molecule has 4 saturated heterocycles. The molecule has 0 aromatic heterocycles. The molecular weight excluding hydrogens is 1570 g/mol. The lowest BCUT2D eigenvalue weighted by atomic mass is 9.94. The van der Waals surface area contributed by atoms with Crippen molar-refractivity contribution in [1.29, 1.82) is 0 Å². The zero-order valence-electron chi connectivity index (χ0n) is 67.0. The van der Waals surface area contributed by atoms with Crippen LogP contribution >= 0.6 is 0 Å². The molecular formula is C91H108N2O22S2Si. The third-order valence-electron chi connectivity index (χ3n) is 21.9. The summed E-state index contributed by atoms with van der Waals surface area (Å²) in [6, 6.07) is 78.3. The van der Waals surface area contributed by atoms with E-state index in [1.807, 2.05) is 253 Å². The molecule has 8 unspecified atom stereocenters. The number of benzene rings is 9. The molecule has 0 aliphatic carbocycles. The molecule has 9 aromatic rings. The number of hydrogen-bond acceptors (Lipinski definition) is 22. The second-order valence-electron chi connectivity index (χ2n) is 31.4. The molecule has 4 heterocycles. The number of aliphatic hydroxyl groups is 3. The van der Waals surface area contributed by atoms with Crippen molar-refractivity contribution in [2.45, 2.75) is 225 Å². The van der Waals surface area contributed by atoms with Crippen LogP contribution in [0.25, 0.3) is 0 Å². The van der Waals surface area contributed by atoms with Gasteiger partial charge in [0.1, 0.15) is 91.4 Å². The Labute approximate surface area is 693 Å². The number of nitrogens with one attached hydrogen (secondary N) is 2. The van der Waals surface area contributed by atoms with Crippen LogP contribution in [0.15, 0.2) is 283 Å². The molecule has 0 spiro atoms.